The summed E-state index contributed by atoms with van der Waals surface area (Å²) in [5.74, 6) is 1.54. The molecule has 0 radical (unpaired) electrons. The van der Waals surface area contributed by atoms with Crippen LogP contribution >= 0.6 is 0 Å². The predicted molar refractivity (Wildman–Crippen MR) is 76.9 cm³/mol. The van der Waals surface area contributed by atoms with E-state index in [4.69, 9.17) is 15.2 Å². The number of aliphatic hydroxyl groups is 1. The standard InChI is InChI=1S/C16H17NO3/c17-10-14(18)13-3-1-2-11(8-13)12-4-5-15-16(9-12)20-7-6-19-15/h1-5,8-9,14,18H,6-7,10,17H2. The third-order valence-electron chi connectivity index (χ3n) is 3.37. The zero-order valence-corrected chi connectivity index (χ0v) is 11.1. The van der Waals surface area contributed by atoms with Gasteiger partial charge in [-0.3, -0.25) is 0 Å². The van der Waals surface area contributed by atoms with Gasteiger partial charge in [-0.05, 0) is 34.9 Å². The van der Waals surface area contributed by atoms with Gasteiger partial charge >= 0.3 is 0 Å². The topological polar surface area (TPSA) is 64.7 Å². The third kappa shape index (κ3) is 2.48. The van der Waals surface area contributed by atoms with Gasteiger partial charge in [0.25, 0.3) is 0 Å². The highest BCUT2D eigenvalue weighted by molar-refractivity contribution is 5.68. The van der Waals surface area contributed by atoms with Crippen molar-refractivity contribution >= 4 is 0 Å². The molecular formula is C16H17NO3. The van der Waals surface area contributed by atoms with Crippen LogP contribution in [-0.2, 0) is 0 Å². The van der Waals surface area contributed by atoms with Gasteiger partial charge in [0.05, 0.1) is 6.10 Å². The van der Waals surface area contributed by atoms with Gasteiger partial charge in [0.2, 0.25) is 0 Å². The van der Waals surface area contributed by atoms with Gasteiger partial charge in [0.15, 0.2) is 11.5 Å². The molecular weight excluding hydrogens is 254 g/mol. The summed E-state index contributed by atoms with van der Waals surface area (Å²) in [4.78, 5) is 0. The number of hydrogen-bond acceptors (Lipinski definition) is 4. The Labute approximate surface area is 117 Å². The van der Waals surface area contributed by atoms with Crippen LogP contribution in [-0.4, -0.2) is 24.9 Å². The zero-order valence-electron chi connectivity index (χ0n) is 11.1. The van der Waals surface area contributed by atoms with Crippen molar-refractivity contribution in [1.82, 2.24) is 0 Å². The average Bonchev–Trinajstić information content (AvgIpc) is 2.53. The molecule has 1 aliphatic heterocycles. The van der Waals surface area contributed by atoms with Gasteiger partial charge in [-0.15, -0.1) is 0 Å². The second kappa shape index (κ2) is 5.53. The van der Waals surface area contributed by atoms with Gasteiger partial charge in [-0.25, -0.2) is 0 Å². The van der Waals surface area contributed by atoms with Crippen LogP contribution in [0.2, 0.25) is 0 Å². The fourth-order valence-electron chi connectivity index (χ4n) is 2.28. The van der Waals surface area contributed by atoms with E-state index < -0.39 is 6.10 Å². The molecule has 0 spiro atoms. The van der Waals surface area contributed by atoms with Crippen molar-refractivity contribution in [3.05, 3.63) is 48.0 Å². The maximum Gasteiger partial charge on any atom is 0.161 e. The molecule has 1 aliphatic rings. The average molecular weight is 271 g/mol. The molecule has 1 unspecified atom stereocenters. The van der Waals surface area contributed by atoms with Crippen molar-refractivity contribution in [1.29, 1.82) is 0 Å². The van der Waals surface area contributed by atoms with Crippen LogP contribution in [0.5, 0.6) is 11.5 Å². The first-order chi connectivity index (χ1) is 9.78. The highest BCUT2D eigenvalue weighted by atomic mass is 16.6. The van der Waals surface area contributed by atoms with Crippen molar-refractivity contribution in [2.45, 2.75) is 6.10 Å². The van der Waals surface area contributed by atoms with Crippen molar-refractivity contribution < 1.29 is 14.6 Å². The highest BCUT2D eigenvalue weighted by Crippen LogP contribution is 2.34. The quantitative estimate of drug-likeness (QED) is 0.897. The number of rotatable bonds is 3. The van der Waals surface area contributed by atoms with Crippen molar-refractivity contribution in [2.75, 3.05) is 19.8 Å². The second-order valence-electron chi connectivity index (χ2n) is 4.74. The van der Waals surface area contributed by atoms with Crippen molar-refractivity contribution in [3.63, 3.8) is 0 Å². The lowest BCUT2D eigenvalue weighted by Gasteiger charge is -2.19. The predicted octanol–water partition coefficient (Wildman–Crippen LogP) is 2.12. The number of fused-ring (bicyclic) bond motifs is 1. The number of nitrogens with two attached hydrogens (primary N) is 1. The second-order valence-corrected chi connectivity index (χ2v) is 4.74. The van der Waals surface area contributed by atoms with E-state index >= 15 is 0 Å². The monoisotopic (exact) mass is 271 g/mol. The fourth-order valence-corrected chi connectivity index (χ4v) is 2.28. The normalized spacial score (nSPS) is 14.9. The lowest BCUT2D eigenvalue weighted by Crippen LogP contribution is -2.15. The first kappa shape index (κ1) is 13.0. The van der Waals surface area contributed by atoms with Gasteiger partial charge in [0.1, 0.15) is 13.2 Å². The molecule has 1 heterocycles. The largest absolute Gasteiger partial charge is 0.486 e. The van der Waals surface area contributed by atoms with Gasteiger partial charge in [0, 0.05) is 6.54 Å². The van der Waals surface area contributed by atoms with Crippen LogP contribution in [0, 0.1) is 0 Å². The molecule has 20 heavy (non-hydrogen) atoms. The molecule has 1 atom stereocenters. The Kier molecular flexibility index (Phi) is 3.58. The minimum Gasteiger partial charge on any atom is -0.486 e. The molecule has 4 nitrogen and oxygen atoms in total. The van der Waals surface area contributed by atoms with Crippen LogP contribution in [0.15, 0.2) is 42.5 Å². The Hall–Kier alpha value is -2.04. The Morgan fingerprint density at radius 1 is 1.00 bits per heavy atom. The summed E-state index contributed by atoms with van der Waals surface area (Å²) in [7, 11) is 0. The summed E-state index contributed by atoms with van der Waals surface area (Å²) in [6.45, 7) is 1.37. The fraction of sp³-hybridized carbons (Fsp3) is 0.250. The summed E-state index contributed by atoms with van der Waals surface area (Å²) in [5, 5.41) is 9.82. The molecule has 2 aromatic carbocycles. The molecule has 0 aliphatic carbocycles. The molecule has 0 saturated carbocycles. The number of benzene rings is 2. The summed E-state index contributed by atoms with van der Waals surface area (Å²) in [6, 6.07) is 13.6. The lowest BCUT2D eigenvalue weighted by molar-refractivity contribution is 0.171. The van der Waals surface area contributed by atoms with E-state index in [1.165, 1.54) is 0 Å². The highest BCUT2D eigenvalue weighted by Gasteiger charge is 2.13. The minimum absolute atomic E-state index is 0.213. The zero-order chi connectivity index (χ0) is 13.9. The maximum atomic E-state index is 9.82. The molecule has 2 aromatic rings. The van der Waals surface area contributed by atoms with E-state index in [0.29, 0.717) is 13.2 Å². The Bertz CT molecular complexity index is 612. The molecule has 0 saturated heterocycles. The first-order valence-electron chi connectivity index (χ1n) is 6.66. The van der Waals surface area contributed by atoms with Crippen LogP contribution in [0.1, 0.15) is 11.7 Å². The molecule has 0 amide bonds. The number of ether oxygens (including phenoxy) is 2. The summed E-state index contributed by atoms with van der Waals surface area (Å²) >= 11 is 0. The van der Waals surface area contributed by atoms with Crippen LogP contribution in [0.4, 0.5) is 0 Å². The molecule has 0 fully saturated rings. The van der Waals surface area contributed by atoms with E-state index in [-0.39, 0.29) is 6.54 Å². The molecule has 104 valence electrons. The molecule has 3 rings (SSSR count). The van der Waals surface area contributed by atoms with E-state index in [1.54, 1.807) is 0 Å². The van der Waals surface area contributed by atoms with Crippen LogP contribution in [0.25, 0.3) is 11.1 Å². The Balaban J connectivity index is 1.96. The molecule has 0 aromatic heterocycles. The number of aliphatic hydroxyl groups excluding tert-OH is 1. The van der Waals surface area contributed by atoms with E-state index in [1.807, 2.05) is 42.5 Å². The SMILES string of the molecule is NCC(O)c1cccc(-c2ccc3c(c2)OCCO3)c1. The maximum absolute atomic E-state index is 9.82. The van der Waals surface area contributed by atoms with Crippen molar-refractivity contribution in [3.8, 4) is 22.6 Å². The summed E-state index contributed by atoms with van der Waals surface area (Å²) in [6.07, 6.45) is -0.632. The summed E-state index contributed by atoms with van der Waals surface area (Å²) in [5.41, 5.74) is 8.37. The third-order valence-corrected chi connectivity index (χ3v) is 3.37. The van der Waals surface area contributed by atoms with Gasteiger partial charge < -0.3 is 20.3 Å². The first-order valence-corrected chi connectivity index (χ1v) is 6.66. The van der Waals surface area contributed by atoms with Crippen LogP contribution in [0.3, 0.4) is 0 Å². The molecule has 4 heteroatoms. The van der Waals surface area contributed by atoms with Gasteiger partial charge in [-0.2, -0.15) is 0 Å². The van der Waals surface area contributed by atoms with Crippen LogP contribution < -0.4 is 15.2 Å². The minimum atomic E-state index is -0.632. The van der Waals surface area contributed by atoms with Crippen molar-refractivity contribution in [2.24, 2.45) is 5.73 Å². The number of hydrogen-bond donors (Lipinski definition) is 2. The molecule has 0 bridgehead atoms. The lowest BCUT2D eigenvalue weighted by atomic mass is 10.00. The Morgan fingerprint density at radius 2 is 1.75 bits per heavy atom. The van der Waals surface area contributed by atoms with E-state index in [9.17, 15) is 5.11 Å². The smallest absolute Gasteiger partial charge is 0.161 e. The molecule has 3 N–H and O–H groups in total. The van der Waals surface area contributed by atoms with E-state index in [0.717, 1.165) is 28.2 Å². The van der Waals surface area contributed by atoms with E-state index in [2.05, 4.69) is 0 Å². The Morgan fingerprint density at radius 3 is 2.55 bits per heavy atom. The van der Waals surface area contributed by atoms with Gasteiger partial charge in [-0.1, -0.05) is 24.3 Å². The summed E-state index contributed by atoms with van der Waals surface area (Å²) < 4.78 is 11.1.